The van der Waals surface area contributed by atoms with Crippen molar-refractivity contribution in [1.29, 1.82) is 0 Å². The minimum absolute atomic E-state index is 0.0795. The Morgan fingerprint density at radius 3 is 1.80 bits per heavy atom. The molecule has 6 unspecified atom stereocenters. The third kappa shape index (κ3) is 3.26. The smallest absolute Gasteiger partial charge is 0.0816 e. The molecule has 0 aromatic heterocycles. The summed E-state index contributed by atoms with van der Waals surface area (Å²) in [6, 6.07) is 0. The van der Waals surface area contributed by atoms with E-state index in [0.29, 0.717) is 30.3 Å². The van der Waals surface area contributed by atoms with Crippen molar-refractivity contribution in [3.63, 3.8) is 0 Å². The average Bonchev–Trinajstić information content (AvgIpc) is 3.42. The Bertz CT molecular complexity index is 486. The van der Waals surface area contributed by atoms with E-state index in [9.17, 15) is 0 Å². The molecule has 5 rings (SSSR count). The fourth-order valence-electron chi connectivity index (χ4n) is 6.00. The van der Waals surface area contributed by atoms with E-state index in [-0.39, 0.29) is 17.0 Å². The van der Waals surface area contributed by atoms with Gasteiger partial charge in [-0.15, -0.1) is 0 Å². The Balaban J connectivity index is 1.53. The number of nitrogens with two attached hydrogens (primary N) is 2. The van der Waals surface area contributed by atoms with Crippen LogP contribution in [0.1, 0.15) is 44.9 Å². The summed E-state index contributed by atoms with van der Waals surface area (Å²) in [4.78, 5) is 0. The van der Waals surface area contributed by atoms with Crippen LogP contribution in [0.5, 0.6) is 0 Å². The first-order valence-electron chi connectivity index (χ1n) is 10.1. The van der Waals surface area contributed by atoms with Gasteiger partial charge in [0, 0.05) is 5.41 Å². The molecule has 0 spiro atoms. The summed E-state index contributed by atoms with van der Waals surface area (Å²) in [6.07, 6.45) is 9.03. The van der Waals surface area contributed by atoms with Crippen molar-refractivity contribution in [2.24, 2.45) is 28.2 Å². The van der Waals surface area contributed by atoms with E-state index < -0.39 is 0 Å². The van der Waals surface area contributed by atoms with Crippen LogP contribution in [-0.4, -0.2) is 57.0 Å². The first-order chi connectivity index (χ1) is 12.1. The lowest BCUT2D eigenvalue weighted by atomic mass is 9.45. The number of hydrogen-bond donors (Lipinski definition) is 2. The van der Waals surface area contributed by atoms with Gasteiger partial charge in [-0.25, -0.2) is 0 Å². The molecule has 6 atom stereocenters. The predicted octanol–water partition coefficient (Wildman–Crippen LogP) is 1.16. The van der Waals surface area contributed by atoms with Crippen molar-refractivity contribution < 1.29 is 18.9 Å². The zero-order valence-electron chi connectivity index (χ0n) is 15.0. The molecule has 4 aliphatic heterocycles. The van der Waals surface area contributed by atoms with Crippen molar-refractivity contribution in [1.82, 2.24) is 0 Å². The highest BCUT2D eigenvalue weighted by molar-refractivity contribution is 5.12. The summed E-state index contributed by atoms with van der Waals surface area (Å²) >= 11 is 0. The lowest BCUT2D eigenvalue weighted by Crippen LogP contribution is -2.63. The first-order valence-corrected chi connectivity index (χ1v) is 10.1. The second-order valence-corrected chi connectivity index (χ2v) is 9.10. The molecule has 0 amide bonds. The summed E-state index contributed by atoms with van der Waals surface area (Å²) < 4.78 is 22.7. The molecular weight excluding hydrogens is 320 g/mol. The molecule has 0 aromatic carbocycles. The van der Waals surface area contributed by atoms with Gasteiger partial charge in [-0.3, -0.25) is 0 Å². The van der Waals surface area contributed by atoms with Crippen molar-refractivity contribution in [3.05, 3.63) is 0 Å². The fraction of sp³-hybridized carbons (Fsp3) is 1.00. The van der Waals surface area contributed by atoms with E-state index in [1.54, 1.807) is 0 Å². The Morgan fingerprint density at radius 2 is 1.32 bits per heavy atom. The molecule has 4 saturated heterocycles. The molecule has 0 radical (unpaired) electrons. The minimum Gasteiger partial charge on any atom is -0.373 e. The van der Waals surface area contributed by atoms with E-state index in [2.05, 4.69) is 0 Å². The second-order valence-electron chi connectivity index (χ2n) is 9.10. The molecule has 5 fully saturated rings. The van der Waals surface area contributed by atoms with E-state index in [4.69, 9.17) is 30.4 Å². The van der Waals surface area contributed by atoms with Crippen LogP contribution in [0.15, 0.2) is 0 Å². The van der Waals surface area contributed by atoms with Crippen LogP contribution in [0, 0.1) is 16.7 Å². The molecule has 25 heavy (non-hydrogen) atoms. The van der Waals surface area contributed by atoms with Gasteiger partial charge in [0.15, 0.2) is 0 Å². The summed E-state index contributed by atoms with van der Waals surface area (Å²) in [5, 5.41) is 0. The molecule has 0 bridgehead atoms. The largest absolute Gasteiger partial charge is 0.373 e. The molecule has 1 aliphatic carbocycles. The predicted molar refractivity (Wildman–Crippen MR) is 91.8 cm³/mol. The van der Waals surface area contributed by atoms with Crippen LogP contribution >= 0.6 is 0 Å². The molecule has 142 valence electrons. The van der Waals surface area contributed by atoms with Gasteiger partial charge in [0.2, 0.25) is 0 Å². The van der Waals surface area contributed by atoms with Gasteiger partial charge < -0.3 is 30.4 Å². The molecule has 6 nitrogen and oxygen atoms in total. The van der Waals surface area contributed by atoms with Crippen LogP contribution < -0.4 is 11.5 Å². The normalized spacial score (nSPS) is 50.8. The van der Waals surface area contributed by atoms with Gasteiger partial charge in [-0.1, -0.05) is 6.42 Å². The maximum Gasteiger partial charge on any atom is 0.0816 e. The highest BCUT2D eigenvalue weighted by Gasteiger charge is 2.63. The van der Waals surface area contributed by atoms with Crippen LogP contribution in [0.3, 0.4) is 0 Å². The summed E-state index contributed by atoms with van der Waals surface area (Å²) in [5.41, 5.74) is 13.1. The molecule has 0 aromatic rings. The van der Waals surface area contributed by atoms with Gasteiger partial charge in [0.05, 0.1) is 57.0 Å². The maximum absolute atomic E-state index is 6.56. The van der Waals surface area contributed by atoms with E-state index >= 15 is 0 Å². The fourth-order valence-corrected chi connectivity index (χ4v) is 6.00. The quantitative estimate of drug-likeness (QED) is 0.477. The standard InChI is InChI=1S/C19H32N2O4/c20-17(21)18(5-14-9-23-14)3-1-2-12(4-13-8-22-13)19(18,6-15-10-24-15)7-16-11-25-16/h12-17H,1-11,20-21H2. The van der Waals surface area contributed by atoms with E-state index in [0.717, 1.165) is 58.5 Å². The SMILES string of the molecule is NC(N)C1(CC2CO2)CCCC(CC2CO2)C1(CC1CO1)CC1CO1. The zero-order chi connectivity index (χ0) is 17.1. The van der Waals surface area contributed by atoms with Crippen LogP contribution in [0.25, 0.3) is 0 Å². The average molecular weight is 352 g/mol. The van der Waals surface area contributed by atoms with Crippen molar-refractivity contribution >= 4 is 0 Å². The first kappa shape index (κ1) is 16.9. The number of ether oxygens (including phenoxy) is 4. The topological polar surface area (TPSA) is 102 Å². The summed E-state index contributed by atoms with van der Waals surface area (Å²) in [5.74, 6) is 0.593. The van der Waals surface area contributed by atoms with Crippen molar-refractivity contribution in [3.8, 4) is 0 Å². The zero-order valence-corrected chi connectivity index (χ0v) is 15.0. The lowest BCUT2D eigenvalue weighted by molar-refractivity contribution is -0.114. The highest BCUT2D eigenvalue weighted by Crippen LogP contribution is 2.65. The van der Waals surface area contributed by atoms with E-state index in [1.165, 1.54) is 12.8 Å². The van der Waals surface area contributed by atoms with Crippen molar-refractivity contribution in [2.75, 3.05) is 26.4 Å². The minimum atomic E-state index is -0.322. The number of hydrogen-bond acceptors (Lipinski definition) is 6. The second kappa shape index (κ2) is 6.14. The Kier molecular flexibility index (Phi) is 4.15. The van der Waals surface area contributed by atoms with Crippen molar-refractivity contribution in [2.45, 2.75) is 75.5 Å². The van der Waals surface area contributed by atoms with Gasteiger partial charge >= 0.3 is 0 Å². The molecule has 1 saturated carbocycles. The lowest BCUT2D eigenvalue weighted by Gasteiger charge is -2.60. The highest BCUT2D eigenvalue weighted by atomic mass is 16.6. The van der Waals surface area contributed by atoms with Gasteiger partial charge in [0.1, 0.15) is 0 Å². The summed E-state index contributed by atoms with van der Waals surface area (Å²) in [7, 11) is 0. The number of rotatable bonds is 9. The third-order valence-electron chi connectivity index (χ3n) is 7.52. The molecule has 4 heterocycles. The molecule has 6 heteroatoms. The van der Waals surface area contributed by atoms with Crippen LogP contribution in [0.2, 0.25) is 0 Å². The Hall–Kier alpha value is -0.240. The van der Waals surface area contributed by atoms with Crippen LogP contribution in [0.4, 0.5) is 0 Å². The third-order valence-corrected chi connectivity index (χ3v) is 7.52. The van der Waals surface area contributed by atoms with Gasteiger partial charge in [-0.05, 0) is 49.9 Å². The van der Waals surface area contributed by atoms with Crippen LogP contribution in [-0.2, 0) is 18.9 Å². The monoisotopic (exact) mass is 352 g/mol. The molecule has 5 aliphatic rings. The van der Waals surface area contributed by atoms with Gasteiger partial charge in [0.25, 0.3) is 0 Å². The van der Waals surface area contributed by atoms with Gasteiger partial charge in [-0.2, -0.15) is 0 Å². The Labute approximate surface area is 149 Å². The van der Waals surface area contributed by atoms with E-state index in [1.807, 2.05) is 0 Å². The maximum atomic E-state index is 6.56. The summed E-state index contributed by atoms with van der Waals surface area (Å²) in [6.45, 7) is 3.55. The molecular formula is C19H32N2O4. The Morgan fingerprint density at radius 1 is 0.800 bits per heavy atom. The number of epoxide rings is 4. The molecule has 4 N–H and O–H groups in total.